The summed E-state index contributed by atoms with van der Waals surface area (Å²) in [6.07, 6.45) is -0.258. The van der Waals surface area contributed by atoms with E-state index in [9.17, 15) is 9.59 Å². The van der Waals surface area contributed by atoms with Gasteiger partial charge in [-0.25, -0.2) is 0 Å². The van der Waals surface area contributed by atoms with Crippen molar-refractivity contribution < 1.29 is 14.3 Å². The Bertz CT molecular complexity index is 499. The van der Waals surface area contributed by atoms with Crippen LogP contribution in [0.4, 0.5) is 0 Å². The Balaban J connectivity index is 1.94. The smallest absolute Gasteiger partial charge is 0.251 e. The highest BCUT2D eigenvalue weighted by molar-refractivity contribution is 5.96. The second kappa shape index (κ2) is 5.63. The number of hydrogen-bond donors (Lipinski definition) is 1. The molecule has 2 amide bonds. The van der Waals surface area contributed by atoms with E-state index in [-0.39, 0.29) is 30.1 Å². The lowest BCUT2D eigenvalue weighted by Crippen LogP contribution is -2.51. The summed E-state index contributed by atoms with van der Waals surface area (Å²) in [5, 5.41) is 2.65. The van der Waals surface area contributed by atoms with Gasteiger partial charge in [0, 0.05) is 5.56 Å². The molecule has 0 saturated carbocycles. The molecule has 1 aromatic carbocycles. The summed E-state index contributed by atoms with van der Waals surface area (Å²) in [5.41, 5.74) is 0.207. The van der Waals surface area contributed by atoms with E-state index in [1.54, 1.807) is 29.2 Å². The third-order valence-electron chi connectivity index (χ3n) is 3.40. The van der Waals surface area contributed by atoms with E-state index in [0.717, 1.165) is 0 Å². The van der Waals surface area contributed by atoms with Crippen molar-refractivity contribution in [2.45, 2.75) is 32.5 Å². The van der Waals surface area contributed by atoms with Crippen LogP contribution in [0.1, 0.15) is 31.1 Å². The van der Waals surface area contributed by atoms with Crippen molar-refractivity contribution in [1.82, 2.24) is 10.2 Å². The van der Waals surface area contributed by atoms with Gasteiger partial charge < -0.3 is 15.0 Å². The van der Waals surface area contributed by atoms with Crippen molar-refractivity contribution in [1.29, 1.82) is 0 Å². The quantitative estimate of drug-likeness (QED) is 0.908. The van der Waals surface area contributed by atoms with Gasteiger partial charge in [0.05, 0.1) is 18.7 Å². The second-order valence-electron chi connectivity index (χ2n) is 5.54. The highest BCUT2D eigenvalue weighted by atomic mass is 16.5. The van der Waals surface area contributed by atoms with Gasteiger partial charge in [-0.15, -0.1) is 0 Å². The third kappa shape index (κ3) is 2.99. The molecule has 1 heterocycles. The lowest BCUT2D eigenvalue weighted by Gasteiger charge is -2.32. The molecule has 5 nitrogen and oxygen atoms in total. The molecular weight excluding hydrogens is 256 g/mol. The largest absolute Gasteiger partial charge is 0.356 e. The van der Waals surface area contributed by atoms with Gasteiger partial charge in [-0.1, -0.05) is 18.2 Å². The Kier molecular flexibility index (Phi) is 4.09. The van der Waals surface area contributed by atoms with E-state index in [2.05, 4.69) is 5.32 Å². The molecule has 1 aliphatic rings. The van der Waals surface area contributed by atoms with Crippen LogP contribution < -0.4 is 5.32 Å². The van der Waals surface area contributed by atoms with E-state index >= 15 is 0 Å². The first-order valence-electron chi connectivity index (χ1n) is 6.69. The molecule has 0 spiro atoms. The van der Waals surface area contributed by atoms with Crippen molar-refractivity contribution in [3.05, 3.63) is 35.9 Å². The van der Waals surface area contributed by atoms with Crippen molar-refractivity contribution in [3.63, 3.8) is 0 Å². The summed E-state index contributed by atoms with van der Waals surface area (Å²) in [6, 6.07) is 8.84. The minimum absolute atomic E-state index is 0.0230. The van der Waals surface area contributed by atoms with Gasteiger partial charge in [0.1, 0.15) is 6.23 Å². The van der Waals surface area contributed by atoms with Gasteiger partial charge in [-0.3, -0.25) is 9.59 Å². The molecule has 1 N–H and O–H groups in total. The molecule has 1 saturated heterocycles. The maximum absolute atomic E-state index is 12.2. The summed E-state index contributed by atoms with van der Waals surface area (Å²) in [4.78, 5) is 25.8. The normalized spacial score (nSPS) is 20.8. The van der Waals surface area contributed by atoms with Gasteiger partial charge in [0.25, 0.3) is 5.91 Å². The predicted octanol–water partition coefficient (Wildman–Crippen LogP) is 1.40. The van der Waals surface area contributed by atoms with E-state index in [1.165, 1.54) is 0 Å². The van der Waals surface area contributed by atoms with E-state index in [0.29, 0.717) is 12.2 Å². The average Bonchev–Trinajstić information content (AvgIpc) is 2.70. The number of carbonyl (C=O) groups excluding carboxylic acids is 2. The average molecular weight is 276 g/mol. The number of amides is 2. The van der Waals surface area contributed by atoms with Gasteiger partial charge in [-0.2, -0.15) is 0 Å². The highest BCUT2D eigenvalue weighted by Crippen LogP contribution is 2.26. The van der Waals surface area contributed by atoms with E-state index in [1.807, 2.05) is 26.8 Å². The molecule has 1 fully saturated rings. The Hall–Kier alpha value is -1.88. The number of benzene rings is 1. The van der Waals surface area contributed by atoms with Crippen molar-refractivity contribution in [2.24, 2.45) is 0 Å². The van der Waals surface area contributed by atoms with Crippen LogP contribution in [-0.4, -0.2) is 41.6 Å². The molecule has 5 heteroatoms. The Morgan fingerprint density at radius 1 is 1.35 bits per heavy atom. The number of rotatable bonds is 3. The van der Waals surface area contributed by atoms with Gasteiger partial charge in [0.2, 0.25) is 5.91 Å². The summed E-state index contributed by atoms with van der Waals surface area (Å²) < 4.78 is 5.49. The van der Waals surface area contributed by atoms with Crippen LogP contribution in [0.15, 0.2) is 30.3 Å². The van der Waals surface area contributed by atoms with Gasteiger partial charge in [0.15, 0.2) is 0 Å². The standard InChI is InChI=1S/C15H20N2O3/c1-11-17(15(2,3)10-20-11)13(18)9-16-14(19)12-7-5-4-6-8-12/h4-8,11H,9-10H2,1-3H3,(H,16,19). The molecule has 1 aliphatic heterocycles. The minimum Gasteiger partial charge on any atom is -0.356 e. The van der Waals surface area contributed by atoms with Gasteiger partial charge in [-0.05, 0) is 32.9 Å². The van der Waals surface area contributed by atoms with E-state index < -0.39 is 0 Å². The molecule has 0 aromatic heterocycles. The zero-order chi connectivity index (χ0) is 14.8. The third-order valence-corrected chi connectivity index (χ3v) is 3.40. The summed E-state index contributed by atoms with van der Waals surface area (Å²) in [5.74, 6) is -0.381. The first-order chi connectivity index (χ1) is 9.42. The Morgan fingerprint density at radius 2 is 2.00 bits per heavy atom. The van der Waals surface area contributed by atoms with Crippen LogP contribution in [0.25, 0.3) is 0 Å². The molecule has 0 radical (unpaired) electrons. The number of ether oxygens (including phenoxy) is 1. The maximum atomic E-state index is 12.2. The number of nitrogens with zero attached hydrogens (tertiary/aromatic N) is 1. The fourth-order valence-electron chi connectivity index (χ4n) is 2.43. The molecule has 1 atom stereocenters. The summed E-state index contributed by atoms with van der Waals surface area (Å²) in [7, 11) is 0. The van der Waals surface area contributed by atoms with Crippen LogP contribution >= 0.6 is 0 Å². The lowest BCUT2D eigenvalue weighted by molar-refractivity contribution is -0.137. The second-order valence-corrected chi connectivity index (χ2v) is 5.54. The Morgan fingerprint density at radius 3 is 2.55 bits per heavy atom. The van der Waals surface area contributed by atoms with Crippen LogP contribution in [0.5, 0.6) is 0 Å². The van der Waals surface area contributed by atoms with Crippen LogP contribution in [0.2, 0.25) is 0 Å². The van der Waals surface area contributed by atoms with Crippen molar-refractivity contribution in [2.75, 3.05) is 13.2 Å². The van der Waals surface area contributed by atoms with Crippen LogP contribution in [0.3, 0.4) is 0 Å². The van der Waals surface area contributed by atoms with Crippen molar-refractivity contribution >= 4 is 11.8 Å². The molecule has 1 aromatic rings. The molecule has 1 unspecified atom stereocenters. The Labute approximate surface area is 118 Å². The molecule has 0 bridgehead atoms. The fourth-order valence-corrected chi connectivity index (χ4v) is 2.43. The summed E-state index contributed by atoms with van der Waals surface area (Å²) in [6.45, 7) is 6.23. The molecular formula is C15H20N2O3. The first kappa shape index (κ1) is 14.5. The monoisotopic (exact) mass is 276 g/mol. The number of carbonyl (C=O) groups is 2. The molecule has 108 valence electrons. The fraction of sp³-hybridized carbons (Fsp3) is 0.467. The van der Waals surface area contributed by atoms with Gasteiger partial charge >= 0.3 is 0 Å². The minimum atomic E-state index is -0.339. The lowest BCUT2D eigenvalue weighted by atomic mass is 10.1. The van der Waals surface area contributed by atoms with E-state index in [4.69, 9.17) is 4.74 Å². The summed E-state index contributed by atoms with van der Waals surface area (Å²) >= 11 is 0. The zero-order valence-electron chi connectivity index (χ0n) is 12.1. The molecule has 2 rings (SSSR count). The highest BCUT2D eigenvalue weighted by Gasteiger charge is 2.41. The predicted molar refractivity (Wildman–Crippen MR) is 75.1 cm³/mol. The van der Waals surface area contributed by atoms with Crippen LogP contribution in [-0.2, 0) is 9.53 Å². The van der Waals surface area contributed by atoms with Crippen molar-refractivity contribution in [3.8, 4) is 0 Å². The number of nitrogens with one attached hydrogen (secondary N) is 1. The molecule has 20 heavy (non-hydrogen) atoms. The maximum Gasteiger partial charge on any atom is 0.251 e. The zero-order valence-corrected chi connectivity index (χ0v) is 12.1. The number of hydrogen-bond acceptors (Lipinski definition) is 3. The topological polar surface area (TPSA) is 58.6 Å². The first-order valence-corrected chi connectivity index (χ1v) is 6.69. The molecule has 0 aliphatic carbocycles. The van der Waals surface area contributed by atoms with Crippen LogP contribution in [0, 0.1) is 0 Å². The SMILES string of the molecule is CC1OCC(C)(C)N1C(=O)CNC(=O)c1ccccc1.